The Kier molecular flexibility index (Phi) is 3.32. The standard InChI is InChI=1S/C10H16N2O/c1-4-5-12-7-8(2)10(11-13)6-9(12)3/h1,8-9,13H,5-7H2,2-3H3/b11-10-/t8-,9-/m0/s1. The highest BCUT2D eigenvalue weighted by molar-refractivity contribution is 5.87. The summed E-state index contributed by atoms with van der Waals surface area (Å²) in [6.45, 7) is 5.74. The van der Waals surface area contributed by atoms with Crippen LogP contribution >= 0.6 is 0 Å². The first-order valence-electron chi connectivity index (χ1n) is 4.57. The first-order chi connectivity index (χ1) is 6.19. The summed E-state index contributed by atoms with van der Waals surface area (Å²) in [7, 11) is 0. The molecule has 3 nitrogen and oxygen atoms in total. The van der Waals surface area contributed by atoms with Crippen LogP contribution in [0.2, 0.25) is 0 Å². The summed E-state index contributed by atoms with van der Waals surface area (Å²) in [5.74, 6) is 2.96. The van der Waals surface area contributed by atoms with Crippen molar-refractivity contribution in [3.05, 3.63) is 0 Å². The first kappa shape index (κ1) is 10.1. The second-order valence-electron chi connectivity index (χ2n) is 3.68. The third-order valence-electron chi connectivity index (χ3n) is 2.63. The Bertz CT molecular complexity index is 242. The molecule has 2 atom stereocenters. The van der Waals surface area contributed by atoms with Gasteiger partial charge in [-0.15, -0.1) is 6.42 Å². The highest BCUT2D eigenvalue weighted by atomic mass is 16.4. The lowest BCUT2D eigenvalue weighted by atomic mass is 9.93. The number of piperidine rings is 1. The first-order valence-corrected chi connectivity index (χ1v) is 4.57. The summed E-state index contributed by atoms with van der Waals surface area (Å²) >= 11 is 0. The summed E-state index contributed by atoms with van der Waals surface area (Å²) in [6.07, 6.45) is 6.08. The fourth-order valence-electron chi connectivity index (χ4n) is 1.75. The van der Waals surface area contributed by atoms with Gasteiger partial charge in [-0.25, -0.2) is 0 Å². The maximum atomic E-state index is 8.72. The predicted molar refractivity (Wildman–Crippen MR) is 52.9 cm³/mol. The number of hydrogen-bond donors (Lipinski definition) is 1. The molecule has 0 saturated carbocycles. The van der Waals surface area contributed by atoms with Crippen LogP contribution < -0.4 is 0 Å². The summed E-state index contributed by atoms with van der Waals surface area (Å²) in [5, 5.41) is 12.0. The molecule has 72 valence electrons. The van der Waals surface area contributed by atoms with Crippen LogP contribution in [0.3, 0.4) is 0 Å². The van der Waals surface area contributed by atoms with E-state index in [1.807, 2.05) is 0 Å². The van der Waals surface area contributed by atoms with Gasteiger partial charge in [0.1, 0.15) is 0 Å². The van der Waals surface area contributed by atoms with Crippen molar-refractivity contribution in [2.24, 2.45) is 11.1 Å². The fraction of sp³-hybridized carbons (Fsp3) is 0.700. The van der Waals surface area contributed by atoms with E-state index in [-0.39, 0.29) is 0 Å². The van der Waals surface area contributed by atoms with Crippen molar-refractivity contribution in [2.75, 3.05) is 13.1 Å². The molecular formula is C10H16N2O. The van der Waals surface area contributed by atoms with E-state index in [0.29, 0.717) is 18.5 Å². The normalized spacial score (nSPS) is 33.2. The van der Waals surface area contributed by atoms with Gasteiger partial charge in [-0.2, -0.15) is 0 Å². The molecule has 0 spiro atoms. The van der Waals surface area contributed by atoms with Crippen molar-refractivity contribution < 1.29 is 5.21 Å². The molecule has 1 rings (SSSR count). The van der Waals surface area contributed by atoms with Crippen LogP contribution in [-0.4, -0.2) is 35.0 Å². The molecule has 1 aliphatic heterocycles. The largest absolute Gasteiger partial charge is 0.411 e. The molecule has 1 fully saturated rings. The molecule has 1 N–H and O–H groups in total. The number of likely N-dealkylation sites (tertiary alicyclic amines) is 1. The fourth-order valence-corrected chi connectivity index (χ4v) is 1.75. The number of rotatable bonds is 1. The molecule has 0 aromatic heterocycles. The van der Waals surface area contributed by atoms with Crippen LogP contribution in [-0.2, 0) is 0 Å². The van der Waals surface area contributed by atoms with Crippen LogP contribution in [0, 0.1) is 18.3 Å². The van der Waals surface area contributed by atoms with Crippen LogP contribution in [0.15, 0.2) is 5.16 Å². The van der Waals surface area contributed by atoms with E-state index in [4.69, 9.17) is 11.6 Å². The maximum Gasteiger partial charge on any atom is 0.0627 e. The Morgan fingerprint density at radius 1 is 1.69 bits per heavy atom. The summed E-state index contributed by atoms with van der Waals surface area (Å²) in [5.41, 5.74) is 0.890. The smallest absolute Gasteiger partial charge is 0.0627 e. The van der Waals surface area contributed by atoms with Crippen LogP contribution in [0.25, 0.3) is 0 Å². The van der Waals surface area contributed by atoms with E-state index in [2.05, 4.69) is 29.8 Å². The molecule has 1 saturated heterocycles. The Morgan fingerprint density at radius 2 is 2.38 bits per heavy atom. The lowest BCUT2D eigenvalue weighted by Crippen LogP contribution is -2.45. The molecule has 0 unspecified atom stereocenters. The lowest BCUT2D eigenvalue weighted by molar-refractivity contribution is 0.198. The van der Waals surface area contributed by atoms with Crippen molar-refractivity contribution >= 4 is 5.71 Å². The van der Waals surface area contributed by atoms with Crippen LogP contribution in [0.1, 0.15) is 20.3 Å². The molecule has 1 heterocycles. The minimum absolute atomic E-state index is 0.314. The number of oxime groups is 1. The highest BCUT2D eigenvalue weighted by Gasteiger charge is 2.27. The van der Waals surface area contributed by atoms with Crippen LogP contribution in [0.4, 0.5) is 0 Å². The Balaban J connectivity index is 2.62. The number of hydrogen-bond acceptors (Lipinski definition) is 3. The quantitative estimate of drug-likeness (QED) is 0.373. The molecule has 0 radical (unpaired) electrons. The van der Waals surface area contributed by atoms with Gasteiger partial charge in [0.25, 0.3) is 0 Å². The van der Waals surface area contributed by atoms with E-state index in [9.17, 15) is 0 Å². The van der Waals surface area contributed by atoms with Gasteiger partial charge in [-0.1, -0.05) is 18.0 Å². The molecule has 13 heavy (non-hydrogen) atoms. The van der Waals surface area contributed by atoms with Crippen molar-refractivity contribution in [2.45, 2.75) is 26.3 Å². The van der Waals surface area contributed by atoms with E-state index < -0.39 is 0 Å². The molecule has 0 bridgehead atoms. The number of terminal acetylenes is 1. The third kappa shape index (κ3) is 2.22. The van der Waals surface area contributed by atoms with Gasteiger partial charge in [-0.3, -0.25) is 4.90 Å². The molecule has 0 amide bonds. The Morgan fingerprint density at radius 3 is 2.92 bits per heavy atom. The van der Waals surface area contributed by atoms with Gasteiger partial charge in [0.05, 0.1) is 12.3 Å². The summed E-state index contributed by atoms with van der Waals surface area (Å²) < 4.78 is 0. The van der Waals surface area contributed by atoms with Gasteiger partial charge in [0, 0.05) is 24.9 Å². The van der Waals surface area contributed by atoms with Gasteiger partial charge in [-0.05, 0) is 6.92 Å². The number of nitrogens with zero attached hydrogens (tertiary/aromatic N) is 2. The summed E-state index contributed by atoms with van der Waals surface area (Å²) in [4.78, 5) is 2.24. The zero-order chi connectivity index (χ0) is 9.84. The van der Waals surface area contributed by atoms with E-state index in [1.165, 1.54) is 0 Å². The van der Waals surface area contributed by atoms with Gasteiger partial charge in [0.15, 0.2) is 0 Å². The van der Waals surface area contributed by atoms with Crippen molar-refractivity contribution in [3.63, 3.8) is 0 Å². The van der Waals surface area contributed by atoms with Gasteiger partial charge >= 0.3 is 0 Å². The minimum atomic E-state index is 0.314. The van der Waals surface area contributed by atoms with Crippen molar-refractivity contribution in [1.29, 1.82) is 0 Å². The average Bonchev–Trinajstić information content (AvgIpc) is 2.11. The molecule has 0 aliphatic carbocycles. The molecule has 1 aliphatic rings. The van der Waals surface area contributed by atoms with Gasteiger partial charge in [0.2, 0.25) is 0 Å². The van der Waals surface area contributed by atoms with Gasteiger partial charge < -0.3 is 5.21 Å². The monoisotopic (exact) mass is 180 g/mol. The molecular weight excluding hydrogens is 164 g/mol. The SMILES string of the molecule is C#CCN1C[C@H](C)/C(=N\O)C[C@@H]1C. The Labute approximate surface area is 79.4 Å². The minimum Gasteiger partial charge on any atom is -0.411 e. The topological polar surface area (TPSA) is 35.8 Å². The molecule has 0 aromatic rings. The van der Waals surface area contributed by atoms with E-state index >= 15 is 0 Å². The Hall–Kier alpha value is -1.01. The second kappa shape index (κ2) is 4.29. The summed E-state index contributed by atoms with van der Waals surface area (Å²) in [6, 6.07) is 0.387. The predicted octanol–water partition coefficient (Wildman–Crippen LogP) is 1.18. The molecule has 3 heteroatoms. The average molecular weight is 180 g/mol. The molecule has 0 aromatic carbocycles. The maximum absolute atomic E-state index is 8.72. The van der Waals surface area contributed by atoms with Crippen LogP contribution in [0.5, 0.6) is 0 Å². The lowest BCUT2D eigenvalue weighted by Gasteiger charge is -2.35. The van der Waals surface area contributed by atoms with E-state index in [1.54, 1.807) is 0 Å². The van der Waals surface area contributed by atoms with E-state index in [0.717, 1.165) is 18.7 Å². The van der Waals surface area contributed by atoms with Crippen molar-refractivity contribution in [1.82, 2.24) is 4.90 Å². The second-order valence-corrected chi connectivity index (χ2v) is 3.68. The zero-order valence-corrected chi connectivity index (χ0v) is 8.20. The highest BCUT2D eigenvalue weighted by Crippen LogP contribution is 2.18. The third-order valence-corrected chi connectivity index (χ3v) is 2.63. The zero-order valence-electron chi connectivity index (χ0n) is 8.20. The van der Waals surface area contributed by atoms with Crippen molar-refractivity contribution in [3.8, 4) is 12.3 Å².